The van der Waals surface area contributed by atoms with Crippen molar-refractivity contribution in [2.24, 2.45) is 0 Å². The first-order valence-electron chi connectivity index (χ1n) is 10.7. The van der Waals surface area contributed by atoms with Crippen molar-refractivity contribution in [3.05, 3.63) is 48.5 Å². The van der Waals surface area contributed by atoms with Gasteiger partial charge in [0.05, 0.1) is 18.0 Å². The largest absolute Gasteiger partial charge is 0.573 e. The molecule has 0 atom stereocenters. The highest BCUT2D eigenvalue weighted by molar-refractivity contribution is 7.93. The van der Waals surface area contributed by atoms with E-state index in [4.69, 9.17) is 15.9 Å². The lowest BCUT2D eigenvalue weighted by Crippen LogP contribution is -2.55. The van der Waals surface area contributed by atoms with E-state index in [0.29, 0.717) is 19.6 Å². The van der Waals surface area contributed by atoms with Gasteiger partial charge in [-0.15, -0.1) is 19.6 Å². The number of likely N-dealkylation sites (tertiary alicyclic amines) is 1. The fraction of sp³-hybridized carbons (Fsp3) is 0.375. The molecule has 1 fully saturated rings. The predicted molar refractivity (Wildman–Crippen MR) is 121 cm³/mol. The van der Waals surface area contributed by atoms with Crippen LogP contribution in [0.15, 0.2) is 53.4 Å². The molecule has 0 saturated carbocycles. The van der Waals surface area contributed by atoms with Gasteiger partial charge < -0.3 is 14.2 Å². The average molecular weight is 512 g/mol. The predicted octanol–water partition coefficient (Wildman–Crippen LogP) is 4.18. The molecule has 1 heterocycles. The Bertz CT molecular complexity index is 1160. The monoisotopic (exact) mass is 511 g/mol. The fourth-order valence-electron chi connectivity index (χ4n) is 3.80. The second kappa shape index (κ2) is 10.6. The number of alkyl halides is 3. The number of esters is 1. The molecule has 2 aromatic carbocycles. The second-order valence-corrected chi connectivity index (χ2v) is 10.1. The number of rotatable bonds is 8. The maximum atomic E-state index is 13.6. The van der Waals surface area contributed by atoms with Crippen LogP contribution >= 0.6 is 0 Å². The minimum Gasteiger partial charge on any atom is -0.465 e. The van der Waals surface area contributed by atoms with Gasteiger partial charge in [-0.05, 0) is 68.3 Å². The van der Waals surface area contributed by atoms with Crippen molar-refractivity contribution in [3.8, 4) is 29.6 Å². The number of carbonyl (C=O) groups is 1. The second-order valence-electron chi connectivity index (χ2n) is 7.79. The number of nitrogens with zero attached hydrogens (tertiary/aromatic N) is 1. The first-order chi connectivity index (χ1) is 16.5. The van der Waals surface area contributed by atoms with Gasteiger partial charge in [-0.1, -0.05) is 5.92 Å². The van der Waals surface area contributed by atoms with Crippen molar-refractivity contribution in [1.82, 2.24) is 4.90 Å². The van der Waals surface area contributed by atoms with Crippen LogP contribution in [-0.4, -0.2) is 56.6 Å². The highest BCUT2D eigenvalue weighted by Crippen LogP contribution is 2.38. The minimum atomic E-state index is -4.80. The summed E-state index contributed by atoms with van der Waals surface area (Å²) < 4.78 is 76.9. The molecule has 0 bridgehead atoms. The van der Waals surface area contributed by atoms with Gasteiger partial charge in [0.1, 0.15) is 17.2 Å². The zero-order chi connectivity index (χ0) is 25.7. The van der Waals surface area contributed by atoms with Crippen molar-refractivity contribution < 1.29 is 40.6 Å². The third-order valence-corrected chi connectivity index (χ3v) is 8.06. The SMILES string of the molecule is C#CCN1CCC(C(=O)OCC)(S(=O)(=O)c2ccc(Oc3ccc(OC(F)(F)F)cc3)cc2)CC1. The Morgan fingerprint density at radius 3 is 2.03 bits per heavy atom. The Morgan fingerprint density at radius 1 is 1.03 bits per heavy atom. The Hall–Kier alpha value is -3.23. The van der Waals surface area contributed by atoms with E-state index in [9.17, 15) is 26.4 Å². The summed E-state index contributed by atoms with van der Waals surface area (Å²) >= 11 is 0. The number of piperidine rings is 1. The molecule has 188 valence electrons. The molecule has 0 amide bonds. The molecule has 7 nitrogen and oxygen atoms in total. The lowest BCUT2D eigenvalue weighted by molar-refractivity contribution is -0.274. The summed E-state index contributed by atoms with van der Waals surface area (Å²) in [7, 11) is -4.13. The van der Waals surface area contributed by atoms with Gasteiger partial charge in [0.2, 0.25) is 0 Å². The maximum absolute atomic E-state index is 13.6. The number of terminal acetylenes is 1. The van der Waals surface area contributed by atoms with Gasteiger partial charge in [-0.2, -0.15) is 0 Å². The average Bonchev–Trinajstić information content (AvgIpc) is 2.80. The van der Waals surface area contributed by atoms with E-state index in [1.165, 1.54) is 36.4 Å². The lowest BCUT2D eigenvalue weighted by Gasteiger charge is -2.38. The molecule has 0 unspecified atom stereocenters. The van der Waals surface area contributed by atoms with Gasteiger partial charge in [-0.25, -0.2) is 8.42 Å². The van der Waals surface area contributed by atoms with Crippen LogP contribution in [-0.2, 0) is 19.4 Å². The first-order valence-corrected chi connectivity index (χ1v) is 12.2. The summed E-state index contributed by atoms with van der Waals surface area (Å²) in [5.74, 6) is 1.80. The molecule has 35 heavy (non-hydrogen) atoms. The van der Waals surface area contributed by atoms with Crippen LogP contribution in [0, 0.1) is 12.3 Å². The van der Waals surface area contributed by atoms with Crippen molar-refractivity contribution in [1.29, 1.82) is 0 Å². The van der Waals surface area contributed by atoms with Crippen LogP contribution in [0.4, 0.5) is 13.2 Å². The van der Waals surface area contributed by atoms with Crippen LogP contribution in [0.2, 0.25) is 0 Å². The fourth-order valence-corrected chi connectivity index (χ4v) is 5.75. The van der Waals surface area contributed by atoms with Gasteiger partial charge in [-0.3, -0.25) is 9.69 Å². The van der Waals surface area contributed by atoms with Crippen molar-refractivity contribution in [2.75, 3.05) is 26.2 Å². The third-order valence-electron chi connectivity index (χ3n) is 5.57. The molecule has 1 saturated heterocycles. The van der Waals surface area contributed by atoms with Crippen LogP contribution in [0.1, 0.15) is 19.8 Å². The van der Waals surface area contributed by atoms with Gasteiger partial charge in [0, 0.05) is 13.1 Å². The first kappa shape index (κ1) is 26.4. The Kier molecular flexibility index (Phi) is 7.97. The normalized spacial score (nSPS) is 16.2. The van der Waals surface area contributed by atoms with Crippen molar-refractivity contribution in [2.45, 2.75) is 35.8 Å². The lowest BCUT2D eigenvalue weighted by atomic mass is 9.95. The summed E-state index contributed by atoms with van der Waals surface area (Å²) in [5, 5.41) is 0. The summed E-state index contributed by atoms with van der Waals surface area (Å²) in [5.41, 5.74) is 0. The zero-order valence-corrected chi connectivity index (χ0v) is 19.7. The van der Waals surface area contributed by atoms with Gasteiger partial charge >= 0.3 is 12.3 Å². The number of halogens is 3. The van der Waals surface area contributed by atoms with E-state index in [1.54, 1.807) is 6.92 Å². The topological polar surface area (TPSA) is 82.1 Å². The number of carbonyl (C=O) groups excluding carboxylic acids is 1. The van der Waals surface area contributed by atoms with Crippen molar-refractivity contribution in [3.63, 3.8) is 0 Å². The molecule has 0 N–H and O–H groups in total. The van der Waals surface area contributed by atoms with E-state index in [1.807, 2.05) is 4.90 Å². The van der Waals surface area contributed by atoms with E-state index < -0.39 is 32.7 Å². The molecule has 2 aromatic rings. The number of hydrogen-bond acceptors (Lipinski definition) is 7. The Morgan fingerprint density at radius 2 is 1.54 bits per heavy atom. The van der Waals surface area contributed by atoms with Gasteiger partial charge in [0.25, 0.3) is 0 Å². The van der Waals surface area contributed by atoms with Crippen molar-refractivity contribution >= 4 is 15.8 Å². The highest BCUT2D eigenvalue weighted by atomic mass is 32.2. The summed E-state index contributed by atoms with van der Waals surface area (Å²) in [6.45, 7) is 2.67. The smallest absolute Gasteiger partial charge is 0.465 e. The van der Waals surface area contributed by atoms with E-state index in [-0.39, 0.29) is 35.8 Å². The van der Waals surface area contributed by atoms with Crippen LogP contribution in [0.5, 0.6) is 17.2 Å². The number of sulfone groups is 1. The van der Waals surface area contributed by atoms with E-state index in [2.05, 4.69) is 10.7 Å². The number of hydrogen-bond donors (Lipinski definition) is 0. The molecule has 0 spiro atoms. The summed E-state index contributed by atoms with van der Waals surface area (Å²) in [6.07, 6.45) is 0.629. The Labute approximate surface area is 201 Å². The van der Waals surface area contributed by atoms with Crippen LogP contribution < -0.4 is 9.47 Å². The third kappa shape index (κ3) is 6.07. The van der Waals surface area contributed by atoms with Crippen LogP contribution in [0.3, 0.4) is 0 Å². The number of ether oxygens (including phenoxy) is 3. The summed E-state index contributed by atoms with van der Waals surface area (Å²) in [6, 6.07) is 10.2. The molecular weight excluding hydrogens is 487 g/mol. The van der Waals surface area contributed by atoms with E-state index in [0.717, 1.165) is 12.1 Å². The van der Waals surface area contributed by atoms with Crippen LogP contribution in [0.25, 0.3) is 0 Å². The maximum Gasteiger partial charge on any atom is 0.573 e. The molecule has 11 heteroatoms. The molecule has 3 rings (SSSR count). The molecule has 1 aliphatic heterocycles. The van der Waals surface area contributed by atoms with Gasteiger partial charge in [0.15, 0.2) is 14.6 Å². The minimum absolute atomic E-state index is 0.0421. The molecule has 0 aromatic heterocycles. The Balaban J connectivity index is 1.79. The molecular formula is C24H24F3NO6S. The molecule has 0 aliphatic carbocycles. The standard InChI is InChI=1S/C24H24F3NO6S/c1-3-15-28-16-13-23(14-17-28,22(29)32-4-2)35(30,31)21-11-9-19(10-12-21)33-18-5-7-20(8-6-18)34-24(25,26)27/h1,5-12H,4,13-17H2,2H3. The summed E-state index contributed by atoms with van der Waals surface area (Å²) in [4.78, 5) is 14.7. The molecule has 0 radical (unpaired) electrons. The quantitative estimate of drug-likeness (QED) is 0.389. The zero-order valence-electron chi connectivity index (χ0n) is 18.9. The highest BCUT2D eigenvalue weighted by Gasteiger charge is 2.54. The number of benzene rings is 2. The molecule has 1 aliphatic rings. The van der Waals surface area contributed by atoms with E-state index >= 15 is 0 Å².